The number of carbonyl (C=O) groups is 1. The molecule has 1 aromatic heterocycles. The molecule has 1 fully saturated rings. The van der Waals surface area contributed by atoms with E-state index < -0.39 is 5.41 Å². The molecule has 17 heavy (non-hydrogen) atoms. The number of nitrogens with two attached hydrogens (primary N) is 1. The molecule has 2 N–H and O–H groups in total. The first-order valence-electron chi connectivity index (χ1n) is 5.50. The lowest BCUT2D eigenvalue weighted by Crippen LogP contribution is -2.50. The fourth-order valence-electron chi connectivity index (χ4n) is 1.98. The van der Waals surface area contributed by atoms with Gasteiger partial charge in [-0.3, -0.25) is 4.79 Å². The van der Waals surface area contributed by atoms with Gasteiger partial charge in [-0.2, -0.15) is 0 Å². The van der Waals surface area contributed by atoms with Crippen LogP contribution in [0.1, 0.15) is 12.6 Å². The number of thiazole rings is 1. The Morgan fingerprint density at radius 1 is 1.82 bits per heavy atom. The summed E-state index contributed by atoms with van der Waals surface area (Å²) in [5.74, 6) is 0.0236. The summed E-state index contributed by atoms with van der Waals surface area (Å²) in [4.78, 5) is 18.2. The lowest BCUT2D eigenvalue weighted by molar-refractivity contribution is -0.141. The van der Waals surface area contributed by atoms with Crippen LogP contribution in [-0.4, -0.2) is 42.1 Å². The van der Waals surface area contributed by atoms with Crippen molar-refractivity contribution in [2.45, 2.75) is 19.5 Å². The third-order valence-electron chi connectivity index (χ3n) is 3.24. The highest BCUT2D eigenvalue weighted by Gasteiger charge is 2.45. The zero-order chi connectivity index (χ0) is 12.5. The molecule has 6 heteroatoms. The highest BCUT2D eigenvalue weighted by atomic mass is 32.1. The lowest BCUT2D eigenvalue weighted by atomic mass is 9.84. The highest BCUT2D eigenvalue weighted by Crippen LogP contribution is 2.29. The predicted molar refractivity (Wildman–Crippen MR) is 65.5 cm³/mol. The first-order valence-corrected chi connectivity index (χ1v) is 6.44. The van der Waals surface area contributed by atoms with Gasteiger partial charge in [-0.05, 0) is 6.92 Å². The van der Waals surface area contributed by atoms with Crippen LogP contribution in [0.25, 0.3) is 0 Å². The number of nitrogens with zero attached hydrogens (tertiary/aromatic N) is 2. The lowest BCUT2D eigenvalue weighted by Gasteiger charge is -2.30. The Hall–Kier alpha value is -0.980. The van der Waals surface area contributed by atoms with Crippen LogP contribution in [0.15, 0.2) is 10.9 Å². The van der Waals surface area contributed by atoms with E-state index in [-0.39, 0.29) is 11.9 Å². The smallest absolute Gasteiger partial charge is 0.232 e. The molecule has 94 valence electrons. The van der Waals surface area contributed by atoms with E-state index in [1.165, 1.54) is 11.3 Å². The maximum absolute atomic E-state index is 12.3. The van der Waals surface area contributed by atoms with E-state index in [0.29, 0.717) is 19.8 Å². The summed E-state index contributed by atoms with van der Waals surface area (Å²) in [5.41, 5.74) is 8.00. The second kappa shape index (κ2) is 4.72. The molecule has 1 saturated heterocycles. The molecule has 2 atom stereocenters. The molecule has 0 radical (unpaired) electrons. The van der Waals surface area contributed by atoms with Gasteiger partial charge in [0, 0.05) is 18.5 Å². The second-order valence-corrected chi connectivity index (χ2v) is 5.40. The van der Waals surface area contributed by atoms with E-state index in [2.05, 4.69) is 4.98 Å². The van der Waals surface area contributed by atoms with Gasteiger partial charge >= 0.3 is 0 Å². The zero-order valence-corrected chi connectivity index (χ0v) is 10.9. The van der Waals surface area contributed by atoms with E-state index in [1.54, 1.807) is 17.5 Å². The van der Waals surface area contributed by atoms with Crippen LogP contribution in [0.2, 0.25) is 0 Å². The van der Waals surface area contributed by atoms with Gasteiger partial charge in [0.1, 0.15) is 0 Å². The maximum atomic E-state index is 12.3. The molecule has 0 aromatic carbocycles. The van der Waals surface area contributed by atoms with Gasteiger partial charge in [0.2, 0.25) is 5.91 Å². The average molecular weight is 255 g/mol. The number of aromatic nitrogens is 1. The maximum Gasteiger partial charge on any atom is 0.232 e. The van der Waals surface area contributed by atoms with Crippen molar-refractivity contribution in [3.63, 3.8) is 0 Å². The predicted octanol–water partition coefficient (Wildman–Crippen LogP) is 0.465. The van der Waals surface area contributed by atoms with E-state index >= 15 is 0 Å². The molecule has 2 rings (SSSR count). The van der Waals surface area contributed by atoms with Gasteiger partial charge in [-0.25, -0.2) is 4.98 Å². The number of hydrogen-bond donors (Lipinski definition) is 1. The first kappa shape index (κ1) is 12.5. The Morgan fingerprint density at radius 2 is 2.59 bits per heavy atom. The van der Waals surface area contributed by atoms with E-state index in [9.17, 15) is 4.79 Å². The Balaban J connectivity index is 2.04. The van der Waals surface area contributed by atoms with Crippen LogP contribution in [0.5, 0.6) is 0 Å². The SMILES string of the molecule is CN(Cc1cscn1)C(=O)C1(C)COCC1N. The molecule has 5 nitrogen and oxygen atoms in total. The number of ether oxygens (including phenoxy) is 1. The summed E-state index contributed by atoms with van der Waals surface area (Å²) in [5, 5.41) is 1.94. The summed E-state index contributed by atoms with van der Waals surface area (Å²) < 4.78 is 5.29. The van der Waals surface area contributed by atoms with Crippen molar-refractivity contribution in [1.29, 1.82) is 0 Å². The van der Waals surface area contributed by atoms with Gasteiger partial charge in [0.15, 0.2) is 0 Å². The third kappa shape index (κ3) is 2.34. The monoisotopic (exact) mass is 255 g/mol. The molecular formula is C11H17N3O2S. The van der Waals surface area contributed by atoms with Gasteiger partial charge in [-0.15, -0.1) is 11.3 Å². The molecule has 0 spiro atoms. The molecule has 0 saturated carbocycles. The summed E-state index contributed by atoms with van der Waals surface area (Å²) in [6.07, 6.45) is 0. The molecule has 0 aliphatic carbocycles. The molecule has 2 unspecified atom stereocenters. The van der Waals surface area contributed by atoms with Gasteiger partial charge in [0.25, 0.3) is 0 Å². The van der Waals surface area contributed by atoms with Crippen LogP contribution in [0.4, 0.5) is 0 Å². The van der Waals surface area contributed by atoms with Crippen LogP contribution in [-0.2, 0) is 16.1 Å². The van der Waals surface area contributed by atoms with E-state index in [1.807, 2.05) is 12.3 Å². The van der Waals surface area contributed by atoms with E-state index in [4.69, 9.17) is 10.5 Å². The Labute approximate surface area is 105 Å². The second-order valence-electron chi connectivity index (χ2n) is 4.68. The number of rotatable bonds is 3. The summed E-state index contributed by atoms with van der Waals surface area (Å²) in [6.45, 7) is 3.23. The Morgan fingerprint density at radius 3 is 3.12 bits per heavy atom. The third-order valence-corrected chi connectivity index (χ3v) is 3.87. The molecule has 1 aromatic rings. The molecular weight excluding hydrogens is 238 g/mol. The van der Waals surface area contributed by atoms with Gasteiger partial charge in [-0.1, -0.05) is 0 Å². The number of hydrogen-bond acceptors (Lipinski definition) is 5. The van der Waals surface area contributed by atoms with Crippen molar-refractivity contribution in [2.75, 3.05) is 20.3 Å². The normalized spacial score (nSPS) is 28.3. The molecule has 1 amide bonds. The number of carbonyl (C=O) groups excluding carboxylic acids is 1. The van der Waals surface area contributed by atoms with Crippen molar-refractivity contribution >= 4 is 17.2 Å². The minimum absolute atomic E-state index is 0.0236. The van der Waals surface area contributed by atoms with Gasteiger partial charge in [0.05, 0.1) is 36.4 Å². The summed E-state index contributed by atoms with van der Waals surface area (Å²) >= 11 is 1.53. The standard InChI is InChI=1S/C11H17N3O2S/c1-11(6-16-4-9(11)12)10(15)14(2)3-8-5-17-7-13-8/h5,7,9H,3-4,6,12H2,1-2H3. The van der Waals surface area contributed by atoms with Gasteiger partial charge < -0.3 is 15.4 Å². The van der Waals surface area contributed by atoms with Crippen molar-refractivity contribution < 1.29 is 9.53 Å². The Bertz CT molecular complexity index is 395. The Kier molecular flexibility index (Phi) is 3.46. The van der Waals surface area contributed by atoms with Crippen molar-refractivity contribution in [3.8, 4) is 0 Å². The van der Waals surface area contributed by atoms with E-state index in [0.717, 1.165) is 5.69 Å². The highest BCUT2D eigenvalue weighted by molar-refractivity contribution is 7.07. The van der Waals surface area contributed by atoms with Crippen LogP contribution >= 0.6 is 11.3 Å². The van der Waals surface area contributed by atoms with Crippen LogP contribution < -0.4 is 5.73 Å². The fraction of sp³-hybridized carbons (Fsp3) is 0.636. The van der Waals surface area contributed by atoms with Crippen LogP contribution in [0, 0.1) is 5.41 Å². The zero-order valence-electron chi connectivity index (χ0n) is 10.0. The van der Waals surface area contributed by atoms with Crippen molar-refractivity contribution in [3.05, 3.63) is 16.6 Å². The minimum atomic E-state index is -0.606. The molecule has 0 bridgehead atoms. The number of amides is 1. The fourth-order valence-corrected chi connectivity index (χ4v) is 2.53. The van der Waals surface area contributed by atoms with Crippen molar-refractivity contribution in [1.82, 2.24) is 9.88 Å². The largest absolute Gasteiger partial charge is 0.379 e. The van der Waals surface area contributed by atoms with Crippen molar-refractivity contribution in [2.24, 2.45) is 11.1 Å². The topological polar surface area (TPSA) is 68.5 Å². The summed E-state index contributed by atoms with van der Waals surface area (Å²) in [7, 11) is 1.78. The van der Waals surface area contributed by atoms with Crippen LogP contribution in [0.3, 0.4) is 0 Å². The first-order chi connectivity index (χ1) is 8.04. The molecule has 1 aliphatic heterocycles. The summed E-state index contributed by atoms with van der Waals surface area (Å²) in [6, 6.07) is -0.229. The molecule has 1 aliphatic rings. The minimum Gasteiger partial charge on any atom is -0.379 e. The molecule has 2 heterocycles. The quantitative estimate of drug-likeness (QED) is 0.852. The average Bonchev–Trinajstić information content (AvgIpc) is 2.90.